The van der Waals surface area contributed by atoms with Crippen molar-refractivity contribution in [2.75, 3.05) is 11.9 Å². The summed E-state index contributed by atoms with van der Waals surface area (Å²) in [5.41, 5.74) is 0.173. The fourth-order valence-corrected chi connectivity index (χ4v) is 2.69. The quantitative estimate of drug-likeness (QED) is 0.857. The molecule has 2 N–H and O–H groups in total. The number of rotatable bonds is 5. The Balaban J connectivity index is 1.96. The molecule has 0 aromatic heterocycles. The van der Waals surface area contributed by atoms with Crippen LogP contribution in [0.1, 0.15) is 25.7 Å². The van der Waals surface area contributed by atoms with Gasteiger partial charge in [0, 0.05) is 5.92 Å². The van der Waals surface area contributed by atoms with Crippen LogP contribution in [-0.2, 0) is 9.59 Å². The van der Waals surface area contributed by atoms with E-state index in [4.69, 9.17) is 9.84 Å². The van der Waals surface area contributed by atoms with E-state index in [2.05, 4.69) is 5.32 Å². The number of halogens is 3. The van der Waals surface area contributed by atoms with Crippen LogP contribution < -0.4 is 10.1 Å². The van der Waals surface area contributed by atoms with E-state index >= 15 is 0 Å². The predicted molar refractivity (Wildman–Crippen MR) is 79.7 cm³/mol. The van der Waals surface area contributed by atoms with Crippen LogP contribution in [0.4, 0.5) is 18.9 Å². The molecule has 1 aliphatic carbocycles. The Morgan fingerprint density at radius 1 is 1.12 bits per heavy atom. The van der Waals surface area contributed by atoms with Gasteiger partial charge in [-0.15, -0.1) is 0 Å². The highest BCUT2D eigenvalue weighted by molar-refractivity contribution is 5.94. The number of anilines is 1. The van der Waals surface area contributed by atoms with E-state index in [0.29, 0.717) is 25.7 Å². The van der Waals surface area contributed by atoms with Crippen molar-refractivity contribution in [2.45, 2.75) is 31.9 Å². The van der Waals surface area contributed by atoms with Crippen LogP contribution >= 0.6 is 0 Å². The summed E-state index contributed by atoms with van der Waals surface area (Å²) in [6, 6.07) is 5.91. The van der Waals surface area contributed by atoms with Crippen LogP contribution in [0.15, 0.2) is 24.3 Å². The number of alkyl halides is 3. The van der Waals surface area contributed by atoms with Gasteiger partial charge in [-0.05, 0) is 37.8 Å². The van der Waals surface area contributed by atoms with Gasteiger partial charge in [0.2, 0.25) is 5.91 Å². The summed E-state index contributed by atoms with van der Waals surface area (Å²) < 4.78 is 41.5. The van der Waals surface area contributed by atoms with Crippen molar-refractivity contribution < 1.29 is 32.6 Å². The maximum Gasteiger partial charge on any atom is 0.422 e. The number of hydrogen-bond donors (Lipinski definition) is 2. The molecule has 1 fully saturated rings. The van der Waals surface area contributed by atoms with Crippen LogP contribution in [0.3, 0.4) is 0 Å². The minimum absolute atomic E-state index is 0.0533. The van der Waals surface area contributed by atoms with Crippen LogP contribution in [0, 0.1) is 11.8 Å². The summed E-state index contributed by atoms with van der Waals surface area (Å²) in [5.74, 6) is -2.03. The zero-order chi connectivity index (χ0) is 17.7. The molecule has 132 valence electrons. The second kappa shape index (κ2) is 7.55. The molecule has 1 aromatic carbocycles. The summed E-state index contributed by atoms with van der Waals surface area (Å²) in [4.78, 5) is 23.2. The number of amides is 1. The van der Waals surface area contributed by atoms with E-state index in [1.165, 1.54) is 18.2 Å². The number of benzene rings is 1. The molecule has 5 nitrogen and oxygen atoms in total. The van der Waals surface area contributed by atoms with Crippen molar-refractivity contribution in [1.29, 1.82) is 0 Å². The largest absolute Gasteiger partial charge is 0.482 e. The molecule has 1 aliphatic rings. The lowest BCUT2D eigenvalue weighted by molar-refractivity contribution is -0.153. The SMILES string of the molecule is O=C(O)C1CCC(C(=O)Nc2ccccc2OCC(F)(F)F)CC1. The molecule has 8 heteroatoms. The lowest BCUT2D eigenvalue weighted by Crippen LogP contribution is -2.29. The zero-order valence-electron chi connectivity index (χ0n) is 12.8. The van der Waals surface area contributed by atoms with Gasteiger partial charge in [0.25, 0.3) is 0 Å². The van der Waals surface area contributed by atoms with E-state index in [-0.39, 0.29) is 23.3 Å². The van der Waals surface area contributed by atoms with Crippen molar-refractivity contribution in [2.24, 2.45) is 11.8 Å². The Labute approximate surface area is 136 Å². The molecule has 1 aromatic rings. The summed E-state index contributed by atoms with van der Waals surface area (Å²) in [5, 5.41) is 11.5. The summed E-state index contributed by atoms with van der Waals surface area (Å²) in [7, 11) is 0. The van der Waals surface area contributed by atoms with Gasteiger partial charge in [-0.2, -0.15) is 13.2 Å². The summed E-state index contributed by atoms with van der Waals surface area (Å²) in [6.45, 7) is -1.44. The molecule has 0 heterocycles. The van der Waals surface area contributed by atoms with E-state index in [9.17, 15) is 22.8 Å². The maximum atomic E-state index is 12.3. The Morgan fingerprint density at radius 3 is 2.29 bits per heavy atom. The highest BCUT2D eigenvalue weighted by atomic mass is 19.4. The molecule has 2 rings (SSSR count). The van der Waals surface area contributed by atoms with Gasteiger partial charge >= 0.3 is 12.1 Å². The predicted octanol–water partition coefficient (Wildman–Crippen LogP) is 3.46. The van der Waals surface area contributed by atoms with Gasteiger partial charge in [-0.1, -0.05) is 12.1 Å². The molecule has 24 heavy (non-hydrogen) atoms. The second-order valence-corrected chi connectivity index (χ2v) is 5.78. The first-order chi connectivity index (χ1) is 11.3. The van der Waals surface area contributed by atoms with Crippen molar-refractivity contribution in [3.63, 3.8) is 0 Å². The number of ether oxygens (including phenoxy) is 1. The molecule has 1 saturated carbocycles. The number of carboxylic acids is 1. The van der Waals surface area contributed by atoms with Gasteiger partial charge in [-0.3, -0.25) is 9.59 Å². The van der Waals surface area contributed by atoms with Crippen molar-refractivity contribution in [3.05, 3.63) is 24.3 Å². The summed E-state index contributed by atoms with van der Waals surface area (Å²) >= 11 is 0. The summed E-state index contributed by atoms with van der Waals surface area (Å²) in [6.07, 6.45) is -2.76. The highest BCUT2D eigenvalue weighted by Crippen LogP contribution is 2.31. The van der Waals surface area contributed by atoms with Gasteiger partial charge < -0.3 is 15.2 Å². The van der Waals surface area contributed by atoms with E-state index in [1.54, 1.807) is 6.07 Å². The highest BCUT2D eigenvalue weighted by Gasteiger charge is 2.31. The smallest absolute Gasteiger partial charge is 0.422 e. The number of nitrogens with one attached hydrogen (secondary N) is 1. The number of carbonyl (C=O) groups excluding carboxylic acids is 1. The minimum atomic E-state index is -4.47. The van der Waals surface area contributed by atoms with E-state index < -0.39 is 24.7 Å². The average molecular weight is 345 g/mol. The Hall–Kier alpha value is -2.25. The maximum absolute atomic E-state index is 12.3. The van der Waals surface area contributed by atoms with E-state index in [0.717, 1.165) is 0 Å². The third kappa shape index (κ3) is 5.14. The molecule has 1 amide bonds. The number of carbonyl (C=O) groups is 2. The number of aliphatic carboxylic acids is 1. The van der Waals surface area contributed by atoms with Crippen LogP contribution in [0.2, 0.25) is 0 Å². The molecular formula is C16H18F3NO4. The van der Waals surface area contributed by atoms with Crippen LogP contribution in [0.5, 0.6) is 5.75 Å². The van der Waals surface area contributed by atoms with Crippen molar-refractivity contribution >= 4 is 17.6 Å². The van der Waals surface area contributed by atoms with Gasteiger partial charge in [0.1, 0.15) is 5.75 Å². The molecule has 0 bridgehead atoms. The molecule has 0 radical (unpaired) electrons. The molecular weight excluding hydrogens is 327 g/mol. The second-order valence-electron chi connectivity index (χ2n) is 5.78. The van der Waals surface area contributed by atoms with E-state index in [1.807, 2.05) is 0 Å². The fraction of sp³-hybridized carbons (Fsp3) is 0.500. The number of hydrogen-bond acceptors (Lipinski definition) is 3. The van der Waals surface area contributed by atoms with Crippen molar-refractivity contribution in [1.82, 2.24) is 0 Å². The molecule has 0 aliphatic heterocycles. The number of para-hydroxylation sites is 2. The lowest BCUT2D eigenvalue weighted by atomic mass is 9.81. The van der Waals surface area contributed by atoms with Gasteiger partial charge in [0.05, 0.1) is 11.6 Å². The molecule has 0 saturated heterocycles. The monoisotopic (exact) mass is 345 g/mol. The third-order valence-corrected chi connectivity index (χ3v) is 3.98. The first-order valence-electron chi connectivity index (χ1n) is 7.58. The zero-order valence-corrected chi connectivity index (χ0v) is 12.8. The first kappa shape index (κ1) is 18.1. The Bertz CT molecular complexity index is 595. The molecule has 0 unspecified atom stereocenters. The molecule has 0 atom stereocenters. The third-order valence-electron chi connectivity index (χ3n) is 3.98. The topological polar surface area (TPSA) is 75.6 Å². The standard InChI is InChI=1S/C16H18F3NO4/c17-16(18,19)9-24-13-4-2-1-3-12(13)20-14(21)10-5-7-11(8-6-10)15(22)23/h1-4,10-11H,5-9H2,(H,20,21)(H,22,23). The van der Waals surface area contributed by atoms with Crippen LogP contribution in [0.25, 0.3) is 0 Å². The average Bonchev–Trinajstić information content (AvgIpc) is 2.53. The Morgan fingerprint density at radius 2 is 1.71 bits per heavy atom. The minimum Gasteiger partial charge on any atom is -0.482 e. The van der Waals surface area contributed by atoms with Gasteiger partial charge in [-0.25, -0.2) is 0 Å². The Kier molecular flexibility index (Phi) is 5.69. The lowest BCUT2D eigenvalue weighted by Gasteiger charge is -2.25. The fourth-order valence-electron chi connectivity index (χ4n) is 2.69. The van der Waals surface area contributed by atoms with Crippen LogP contribution in [-0.4, -0.2) is 29.8 Å². The van der Waals surface area contributed by atoms with Gasteiger partial charge in [0.15, 0.2) is 6.61 Å². The number of carboxylic acid groups (broad SMARTS) is 1. The first-order valence-corrected chi connectivity index (χ1v) is 7.58. The van der Waals surface area contributed by atoms with Crippen molar-refractivity contribution in [3.8, 4) is 5.75 Å². The molecule has 0 spiro atoms. The normalized spacial score (nSPS) is 21.1.